The largest absolute Gasteiger partial charge is 0.374 e. The van der Waals surface area contributed by atoms with Crippen molar-refractivity contribution < 1.29 is 9.90 Å². The van der Waals surface area contributed by atoms with E-state index < -0.39 is 6.23 Å². The number of rotatable bonds is 1. The van der Waals surface area contributed by atoms with E-state index in [0.717, 1.165) is 0 Å². The van der Waals surface area contributed by atoms with Crippen LogP contribution in [0.15, 0.2) is 0 Å². The van der Waals surface area contributed by atoms with Gasteiger partial charge in [-0.3, -0.25) is 4.79 Å². The minimum absolute atomic E-state index is 0.123. The van der Waals surface area contributed by atoms with Gasteiger partial charge in [0.2, 0.25) is 5.91 Å². The quantitative estimate of drug-likeness (QED) is 0.371. The maximum atomic E-state index is 10.7. The Morgan fingerprint density at radius 2 is 2.56 bits per heavy atom. The first-order valence-corrected chi connectivity index (χ1v) is 4.46. The molecule has 1 rings (SSSR count). The molecule has 0 aromatic rings. The molecule has 0 bridgehead atoms. The molecule has 2 N–H and O–H groups in total. The number of nitrogens with one attached hydrogen (secondary N) is 1. The Labute approximate surface area is 62.0 Å². The van der Waals surface area contributed by atoms with E-state index in [1.165, 1.54) is 10.8 Å². The van der Waals surface area contributed by atoms with Crippen molar-refractivity contribution in [1.82, 2.24) is 5.32 Å². The second-order valence-corrected chi connectivity index (χ2v) is 3.27. The molecule has 9 heavy (non-hydrogen) atoms. The van der Waals surface area contributed by atoms with Crippen LogP contribution in [-0.2, 0) is 4.79 Å². The molecule has 0 saturated carbocycles. The van der Waals surface area contributed by atoms with Crippen molar-refractivity contribution in [3.63, 3.8) is 0 Å². The normalized spacial score (nSPS) is 34.7. The number of carbonyl (C=O) groups excluding carboxylic acids is 1. The minimum atomic E-state index is -0.665. The zero-order valence-electron chi connectivity index (χ0n) is 4.57. The standard InChI is InChI=1S/C4H7NO2S2/c6-3-1-2(9-8)4(7)5-3/h2-3,6,8H,1H2,(H,5,7). The van der Waals surface area contributed by atoms with Crippen LogP contribution in [0.3, 0.4) is 0 Å². The number of hydrogen-bond acceptors (Lipinski definition) is 4. The molecule has 1 aliphatic heterocycles. The Morgan fingerprint density at radius 1 is 1.89 bits per heavy atom. The Hall–Kier alpha value is 0.130. The van der Waals surface area contributed by atoms with Crippen LogP contribution in [0.1, 0.15) is 6.42 Å². The molecule has 0 aromatic carbocycles. The van der Waals surface area contributed by atoms with Gasteiger partial charge in [-0.1, -0.05) is 10.8 Å². The summed E-state index contributed by atoms with van der Waals surface area (Å²) in [5, 5.41) is 11.0. The van der Waals surface area contributed by atoms with Crippen molar-refractivity contribution in [3.05, 3.63) is 0 Å². The van der Waals surface area contributed by atoms with Gasteiger partial charge in [-0.25, -0.2) is 0 Å². The van der Waals surface area contributed by atoms with Gasteiger partial charge in [0.05, 0.1) is 5.25 Å². The fourth-order valence-corrected chi connectivity index (χ4v) is 1.69. The Kier molecular flexibility index (Phi) is 2.26. The van der Waals surface area contributed by atoms with E-state index >= 15 is 0 Å². The van der Waals surface area contributed by atoms with Crippen LogP contribution >= 0.6 is 22.5 Å². The van der Waals surface area contributed by atoms with Gasteiger partial charge >= 0.3 is 0 Å². The molecule has 1 saturated heterocycles. The lowest BCUT2D eigenvalue weighted by atomic mass is 10.3. The van der Waals surface area contributed by atoms with Crippen molar-refractivity contribution in [3.8, 4) is 0 Å². The molecule has 0 aromatic heterocycles. The van der Waals surface area contributed by atoms with Crippen LogP contribution in [-0.4, -0.2) is 22.5 Å². The molecular weight excluding hydrogens is 158 g/mol. The van der Waals surface area contributed by atoms with Gasteiger partial charge < -0.3 is 10.4 Å². The van der Waals surface area contributed by atoms with E-state index in [0.29, 0.717) is 6.42 Å². The highest BCUT2D eigenvalue weighted by atomic mass is 33.1. The van der Waals surface area contributed by atoms with Gasteiger partial charge in [-0.15, -0.1) is 11.7 Å². The van der Waals surface area contributed by atoms with Crippen molar-refractivity contribution in [2.75, 3.05) is 0 Å². The molecule has 1 heterocycles. The van der Waals surface area contributed by atoms with Crippen molar-refractivity contribution in [2.24, 2.45) is 0 Å². The predicted molar refractivity (Wildman–Crippen MR) is 39.1 cm³/mol. The maximum Gasteiger partial charge on any atom is 0.236 e. The summed E-state index contributed by atoms with van der Waals surface area (Å²) in [7, 11) is 1.17. The minimum Gasteiger partial charge on any atom is -0.374 e. The topological polar surface area (TPSA) is 49.3 Å². The van der Waals surface area contributed by atoms with Crippen LogP contribution in [0.2, 0.25) is 0 Å². The second-order valence-electron chi connectivity index (χ2n) is 1.85. The smallest absolute Gasteiger partial charge is 0.236 e. The Bertz CT molecular complexity index is 130. The van der Waals surface area contributed by atoms with Crippen LogP contribution in [0.4, 0.5) is 0 Å². The third kappa shape index (κ3) is 1.53. The van der Waals surface area contributed by atoms with E-state index in [1.807, 2.05) is 0 Å². The summed E-state index contributed by atoms with van der Waals surface area (Å²) in [5.41, 5.74) is 0. The molecule has 5 heteroatoms. The fraction of sp³-hybridized carbons (Fsp3) is 0.750. The van der Waals surface area contributed by atoms with Gasteiger partial charge in [0, 0.05) is 6.42 Å². The zero-order valence-corrected chi connectivity index (χ0v) is 6.28. The first-order chi connectivity index (χ1) is 4.24. The summed E-state index contributed by atoms with van der Waals surface area (Å²) in [4.78, 5) is 10.7. The predicted octanol–water partition coefficient (Wildman–Crippen LogP) is -0.229. The lowest BCUT2D eigenvalue weighted by Crippen LogP contribution is -2.25. The van der Waals surface area contributed by atoms with E-state index in [9.17, 15) is 4.79 Å². The summed E-state index contributed by atoms with van der Waals surface area (Å²) in [6.45, 7) is 0. The summed E-state index contributed by atoms with van der Waals surface area (Å²) in [5.74, 6) is -0.123. The third-order valence-corrected chi connectivity index (χ3v) is 2.59. The number of thiol groups is 1. The van der Waals surface area contributed by atoms with Gasteiger partial charge in [0.25, 0.3) is 0 Å². The SMILES string of the molecule is O=C1NC(O)CC1SS. The molecule has 1 aliphatic rings. The summed E-state index contributed by atoms with van der Waals surface area (Å²) in [6, 6.07) is 0. The number of aliphatic hydroxyl groups excluding tert-OH is 1. The summed E-state index contributed by atoms with van der Waals surface area (Å²) >= 11 is 3.86. The molecule has 1 amide bonds. The molecule has 3 nitrogen and oxygen atoms in total. The lowest BCUT2D eigenvalue weighted by Gasteiger charge is -1.96. The molecule has 52 valence electrons. The molecule has 0 spiro atoms. The molecule has 2 unspecified atom stereocenters. The van der Waals surface area contributed by atoms with Crippen LogP contribution in [0.25, 0.3) is 0 Å². The zero-order chi connectivity index (χ0) is 6.85. The summed E-state index contributed by atoms with van der Waals surface area (Å²) < 4.78 is 0. The lowest BCUT2D eigenvalue weighted by molar-refractivity contribution is -0.119. The maximum absolute atomic E-state index is 10.7. The molecule has 2 atom stereocenters. The number of carbonyl (C=O) groups is 1. The van der Waals surface area contributed by atoms with Crippen LogP contribution < -0.4 is 5.32 Å². The first-order valence-electron chi connectivity index (χ1n) is 2.52. The highest BCUT2D eigenvalue weighted by Crippen LogP contribution is 2.23. The molecule has 0 aliphatic carbocycles. The van der Waals surface area contributed by atoms with Gasteiger partial charge in [-0.05, 0) is 0 Å². The number of aliphatic hydroxyl groups is 1. The van der Waals surface area contributed by atoms with Crippen LogP contribution in [0.5, 0.6) is 0 Å². The molecular formula is C4H7NO2S2. The highest BCUT2D eigenvalue weighted by Gasteiger charge is 2.29. The average Bonchev–Trinajstić information content (AvgIpc) is 2.10. The van der Waals surface area contributed by atoms with Crippen LogP contribution in [0, 0.1) is 0 Å². The van der Waals surface area contributed by atoms with Gasteiger partial charge in [0.15, 0.2) is 0 Å². The third-order valence-electron chi connectivity index (χ3n) is 1.17. The Balaban J connectivity index is 2.48. The van der Waals surface area contributed by atoms with Crippen molar-refractivity contribution >= 4 is 28.4 Å². The van der Waals surface area contributed by atoms with Crippen molar-refractivity contribution in [1.29, 1.82) is 0 Å². The second kappa shape index (κ2) is 2.81. The van der Waals surface area contributed by atoms with Gasteiger partial charge in [0.1, 0.15) is 6.23 Å². The monoisotopic (exact) mass is 165 g/mol. The van der Waals surface area contributed by atoms with E-state index in [-0.39, 0.29) is 11.2 Å². The highest BCUT2D eigenvalue weighted by molar-refractivity contribution is 8.69. The van der Waals surface area contributed by atoms with Crippen molar-refractivity contribution in [2.45, 2.75) is 17.9 Å². The van der Waals surface area contributed by atoms with E-state index in [1.54, 1.807) is 0 Å². The average molecular weight is 165 g/mol. The first kappa shape index (κ1) is 7.24. The van der Waals surface area contributed by atoms with Gasteiger partial charge in [-0.2, -0.15) is 0 Å². The molecule has 1 fully saturated rings. The van der Waals surface area contributed by atoms with E-state index in [2.05, 4.69) is 17.0 Å². The fourth-order valence-electron chi connectivity index (χ4n) is 0.717. The Morgan fingerprint density at radius 3 is 2.78 bits per heavy atom. The molecule has 0 radical (unpaired) electrons. The number of hydrogen-bond donors (Lipinski definition) is 3. The van der Waals surface area contributed by atoms with E-state index in [4.69, 9.17) is 5.11 Å². The number of amides is 1. The summed E-state index contributed by atoms with van der Waals surface area (Å²) in [6.07, 6.45) is -0.199.